The quantitative estimate of drug-likeness (QED) is 0.811. The van der Waals surface area contributed by atoms with E-state index in [2.05, 4.69) is 5.32 Å². The fraction of sp³-hybridized carbons (Fsp3) is 0.588. The number of alkyl halides is 1. The third-order valence-electron chi connectivity index (χ3n) is 4.67. The minimum absolute atomic E-state index is 0.103. The number of nitrogens with one attached hydrogen (secondary N) is 1. The van der Waals surface area contributed by atoms with Crippen molar-refractivity contribution in [3.63, 3.8) is 0 Å². The zero-order valence-corrected chi connectivity index (χ0v) is 13.9. The minimum atomic E-state index is -0.823. The van der Waals surface area contributed by atoms with Gasteiger partial charge in [0.15, 0.2) is 11.6 Å². The Hall–Kier alpha value is -1.98. The summed E-state index contributed by atoms with van der Waals surface area (Å²) in [6.07, 6.45) is 0.240. The molecular formula is C17H23FN2O3. The molecule has 2 amide bonds. The van der Waals surface area contributed by atoms with Crippen molar-refractivity contribution in [3.8, 4) is 0 Å². The molecule has 2 aliphatic rings. The first-order chi connectivity index (χ1) is 10.8. The summed E-state index contributed by atoms with van der Waals surface area (Å²) in [4.78, 5) is 37.9. The predicted octanol–water partition coefficient (Wildman–Crippen LogP) is 2.32. The molecule has 0 aromatic carbocycles. The molecule has 126 valence electrons. The number of allylic oxidation sites excluding steroid dienone is 3. The van der Waals surface area contributed by atoms with Gasteiger partial charge in [0.1, 0.15) is 6.17 Å². The number of halogens is 1. The number of carbonyl (C=O) groups excluding carboxylic acids is 3. The average molecular weight is 322 g/mol. The SMILES string of the molecule is CC1=C(C)C(=O)C(CCNC(=O)N2CCC(F)CC2)=C(C)C1=O. The van der Waals surface area contributed by atoms with Gasteiger partial charge in [-0.3, -0.25) is 9.59 Å². The van der Waals surface area contributed by atoms with E-state index in [-0.39, 0.29) is 24.1 Å². The smallest absolute Gasteiger partial charge is 0.317 e. The van der Waals surface area contributed by atoms with Crippen LogP contribution in [0.2, 0.25) is 0 Å². The van der Waals surface area contributed by atoms with Gasteiger partial charge in [0.2, 0.25) is 0 Å². The Labute approximate surface area is 135 Å². The first-order valence-electron chi connectivity index (χ1n) is 7.96. The van der Waals surface area contributed by atoms with Crippen LogP contribution in [0.5, 0.6) is 0 Å². The van der Waals surface area contributed by atoms with Gasteiger partial charge in [-0.25, -0.2) is 9.18 Å². The summed E-state index contributed by atoms with van der Waals surface area (Å²) in [5.41, 5.74) is 1.91. The number of likely N-dealkylation sites (tertiary alicyclic amines) is 1. The lowest BCUT2D eigenvalue weighted by molar-refractivity contribution is -0.116. The number of ketones is 2. The van der Waals surface area contributed by atoms with Gasteiger partial charge >= 0.3 is 6.03 Å². The summed E-state index contributed by atoms with van der Waals surface area (Å²) in [5.74, 6) is -0.222. The average Bonchev–Trinajstić information content (AvgIpc) is 2.54. The van der Waals surface area contributed by atoms with Crippen molar-refractivity contribution in [3.05, 3.63) is 22.3 Å². The summed E-state index contributed by atoms with van der Waals surface area (Å²) in [6, 6.07) is -0.242. The van der Waals surface area contributed by atoms with E-state index in [1.165, 1.54) is 0 Å². The van der Waals surface area contributed by atoms with Crippen molar-refractivity contribution in [2.45, 2.75) is 46.2 Å². The molecule has 0 aromatic heterocycles. The third-order valence-corrected chi connectivity index (χ3v) is 4.67. The minimum Gasteiger partial charge on any atom is -0.338 e. The molecule has 0 radical (unpaired) electrons. The molecule has 0 atom stereocenters. The van der Waals surface area contributed by atoms with Crippen LogP contribution >= 0.6 is 0 Å². The van der Waals surface area contributed by atoms with Crippen LogP contribution in [0, 0.1) is 0 Å². The molecule has 1 fully saturated rings. The molecule has 1 saturated heterocycles. The maximum absolute atomic E-state index is 13.1. The lowest BCUT2D eigenvalue weighted by atomic mass is 9.84. The molecular weight excluding hydrogens is 299 g/mol. The zero-order valence-electron chi connectivity index (χ0n) is 13.9. The number of urea groups is 1. The standard InChI is InChI=1S/C17H23FN2O3/c1-10-11(2)16(22)14(12(3)15(10)21)4-7-19-17(23)20-8-5-13(18)6-9-20/h13H,4-9H2,1-3H3,(H,19,23). The molecule has 2 rings (SSSR count). The van der Waals surface area contributed by atoms with E-state index >= 15 is 0 Å². The monoisotopic (exact) mass is 322 g/mol. The summed E-state index contributed by atoms with van der Waals surface area (Å²) in [7, 11) is 0. The normalized spacial score (nSPS) is 20.4. The van der Waals surface area contributed by atoms with E-state index < -0.39 is 6.17 Å². The van der Waals surface area contributed by atoms with Crippen LogP contribution in [-0.2, 0) is 9.59 Å². The lowest BCUT2D eigenvalue weighted by Gasteiger charge is -2.28. The molecule has 5 nitrogen and oxygen atoms in total. The van der Waals surface area contributed by atoms with E-state index in [1.807, 2.05) is 0 Å². The van der Waals surface area contributed by atoms with Crippen molar-refractivity contribution < 1.29 is 18.8 Å². The van der Waals surface area contributed by atoms with E-state index in [4.69, 9.17) is 0 Å². The van der Waals surface area contributed by atoms with Gasteiger partial charge in [0.25, 0.3) is 0 Å². The van der Waals surface area contributed by atoms with Crippen molar-refractivity contribution in [2.75, 3.05) is 19.6 Å². The predicted molar refractivity (Wildman–Crippen MR) is 84.8 cm³/mol. The number of Topliss-reactive ketones (excluding diaryl/α,β-unsaturated/α-hetero) is 2. The Bertz CT molecular complexity index is 599. The Kier molecular flexibility index (Phi) is 5.34. The molecule has 0 spiro atoms. The first-order valence-corrected chi connectivity index (χ1v) is 7.96. The van der Waals surface area contributed by atoms with Crippen molar-refractivity contribution in [1.29, 1.82) is 0 Å². The molecule has 1 aliphatic heterocycles. The number of carbonyl (C=O) groups is 3. The second kappa shape index (κ2) is 7.06. The highest BCUT2D eigenvalue weighted by Crippen LogP contribution is 2.25. The third kappa shape index (κ3) is 3.68. The van der Waals surface area contributed by atoms with Crippen LogP contribution in [-0.4, -0.2) is 48.3 Å². The summed E-state index contributed by atoms with van der Waals surface area (Å²) >= 11 is 0. The zero-order chi connectivity index (χ0) is 17.1. The largest absolute Gasteiger partial charge is 0.338 e. The number of hydrogen-bond donors (Lipinski definition) is 1. The van der Waals surface area contributed by atoms with Gasteiger partial charge in [0, 0.05) is 41.9 Å². The van der Waals surface area contributed by atoms with Gasteiger partial charge in [-0.15, -0.1) is 0 Å². The van der Waals surface area contributed by atoms with Crippen LogP contribution in [0.3, 0.4) is 0 Å². The van der Waals surface area contributed by atoms with Crippen molar-refractivity contribution in [1.82, 2.24) is 10.2 Å². The van der Waals surface area contributed by atoms with Gasteiger partial charge in [-0.2, -0.15) is 0 Å². The topological polar surface area (TPSA) is 66.5 Å². The van der Waals surface area contributed by atoms with Gasteiger partial charge < -0.3 is 10.2 Å². The molecule has 6 heteroatoms. The summed E-state index contributed by atoms with van der Waals surface area (Å²) in [5, 5.41) is 2.75. The Morgan fingerprint density at radius 2 is 1.65 bits per heavy atom. The van der Waals surface area contributed by atoms with E-state index in [0.29, 0.717) is 54.6 Å². The molecule has 23 heavy (non-hydrogen) atoms. The number of hydrogen-bond acceptors (Lipinski definition) is 3. The second-order valence-electron chi connectivity index (χ2n) is 6.16. The Balaban J connectivity index is 1.90. The highest BCUT2D eigenvalue weighted by molar-refractivity contribution is 6.24. The maximum atomic E-state index is 13.1. The van der Waals surface area contributed by atoms with Crippen molar-refractivity contribution in [2.24, 2.45) is 0 Å². The number of piperidine rings is 1. The number of nitrogens with zero attached hydrogens (tertiary/aromatic N) is 1. The number of rotatable bonds is 3. The van der Waals surface area contributed by atoms with E-state index in [1.54, 1.807) is 25.7 Å². The molecule has 0 unspecified atom stereocenters. The highest BCUT2D eigenvalue weighted by atomic mass is 19.1. The van der Waals surface area contributed by atoms with Crippen LogP contribution in [0.4, 0.5) is 9.18 Å². The van der Waals surface area contributed by atoms with Crippen LogP contribution in [0.1, 0.15) is 40.0 Å². The second-order valence-corrected chi connectivity index (χ2v) is 6.16. The first kappa shape index (κ1) is 17.4. The van der Waals surface area contributed by atoms with Crippen molar-refractivity contribution >= 4 is 17.6 Å². The fourth-order valence-electron chi connectivity index (χ4n) is 2.91. The van der Waals surface area contributed by atoms with Crippen LogP contribution in [0.25, 0.3) is 0 Å². The summed E-state index contributed by atoms with van der Waals surface area (Å²) < 4.78 is 13.1. The van der Waals surface area contributed by atoms with E-state index in [9.17, 15) is 18.8 Å². The Morgan fingerprint density at radius 3 is 2.26 bits per heavy atom. The molecule has 1 N–H and O–H groups in total. The summed E-state index contributed by atoms with van der Waals surface area (Å²) in [6.45, 7) is 6.07. The van der Waals surface area contributed by atoms with E-state index in [0.717, 1.165) is 0 Å². The maximum Gasteiger partial charge on any atom is 0.317 e. The molecule has 0 saturated carbocycles. The molecule has 0 aromatic rings. The van der Waals surface area contributed by atoms with Gasteiger partial charge in [-0.1, -0.05) is 0 Å². The van der Waals surface area contributed by atoms with Gasteiger partial charge in [0.05, 0.1) is 0 Å². The lowest BCUT2D eigenvalue weighted by Crippen LogP contribution is -2.45. The molecule has 1 aliphatic carbocycles. The molecule has 0 bridgehead atoms. The highest BCUT2D eigenvalue weighted by Gasteiger charge is 2.28. The van der Waals surface area contributed by atoms with Crippen LogP contribution < -0.4 is 5.32 Å². The van der Waals surface area contributed by atoms with Crippen LogP contribution in [0.15, 0.2) is 22.3 Å². The number of amides is 2. The molecule has 1 heterocycles. The fourth-order valence-corrected chi connectivity index (χ4v) is 2.91. The Morgan fingerprint density at radius 1 is 1.09 bits per heavy atom. The van der Waals surface area contributed by atoms with Gasteiger partial charge in [-0.05, 0) is 40.0 Å².